The summed E-state index contributed by atoms with van der Waals surface area (Å²) in [6, 6.07) is 0. The van der Waals surface area contributed by atoms with Crippen LogP contribution in [0.5, 0.6) is 0 Å². The second kappa shape index (κ2) is 16.5. The van der Waals surface area contributed by atoms with Gasteiger partial charge in [0.1, 0.15) is 6.10 Å². The van der Waals surface area contributed by atoms with Crippen LogP contribution in [0.4, 0.5) is 0 Å². The minimum atomic E-state index is -0.473. The van der Waals surface area contributed by atoms with Crippen LogP contribution in [0.3, 0.4) is 0 Å². The van der Waals surface area contributed by atoms with E-state index in [4.69, 9.17) is 9.47 Å². The first-order chi connectivity index (χ1) is 11.6. The topological polar surface area (TPSA) is 52.6 Å². The molecule has 0 aromatic rings. The SMILES string of the molecule is CCCCCCCCCOC(=O)/C=C/C(=O)OC(CC)CCCC. The molecule has 24 heavy (non-hydrogen) atoms. The Morgan fingerprint density at radius 3 is 2.00 bits per heavy atom. The summed E-state index contributed by atoms with van der Waals surface area (Å²) < 4.78 is 10.4. The number of unbranched alkanes of at least 4 members (excludes halogenated alkanes) is 7. The summed E-state index contributed by atoms with van der Waals surface area (Å²) in [6.45, 7) is 6.72. The zero-order valence-electron chi connectivity index (χ0n) is 15.9. The third kappa shape index (κ3) is 14.3. The van der Waals surface area contributed by atoms with Gasteiger partial charge in [-0.05, 0) is 19.3 Å². The molecule has 140 valence electrons. The van der Waals surface area contributed by atoms with E-state index >= 15 is 0 Å². The lowest BCUT2D eigenvalue weighted by Gasteiger charge is -2.14. The molecule has 0 aliphatic heterocycles. The van der Waals surface area contributed by atoms with E-state index in [1.807, 2.05) is 6.92 Å². The second-order valence-corrected chi connectivity index (χ2v) is 6.23. The van der Waals surface area contributed by atoms with Gasteiger partial charge in [-0.15, -0.1) is 0 Å². The van der Waals surface area contributed by atoms with Crippen LogP contribution in [0.25, 0.3) is 0 Å². The smallest absolute Gasteiger partial charge is 0.331 e. The number of carbonyl (C=O) groups is 2. The van der Waals surface area contributed by atoms with Crippen LogP contribution in [0.1, 0.15) is 91.4 Å². The normalized spacial score (nSPS) is 12.3. The van der Waals surface area contributed by atoms with Crippen molar-refractivity contribution in [1.29, 1.82) is 0 Å². The first-order valence-corrected chi connectivity index (χ1v) is 9.69. The molecule has 0 aliphatic carbocycles. The van der Waals surface area contributed by atoms with Crippen molar-refractivity contribution in [3.8, 4) is 0 Å². The average molecular weight is 341 g/mol. The highest BCUT2D eigenvalue weighted by Crippen LogP contribution is 2.09. The van der Waals surface area contributed by atoms with Gasteiger partial charge in [-0.25, -0.2) is 9.59 Å². The number of rotatable bonds is 15. The Kier molecular flexibility index (Phi) is 15.6. The maximum Gasteiger partial charge on any atom is 0.331 e. The van der Waals surface area contributed by atoms with E-state index in [9.17, 15) is 9.59 Å². The summed E-state index contributed by atoms with van der Waals surface area (Å²) in [5.41, 5.74) is 0. The van der Waals surface area contributed by atoms with Crippen molar-refractivity contribution in [2.45, 2.75) is 97.5 Å². The van der Waals surface area contributed by atoms with Crippen LogP contribution in [-0.4, -0.2) is 24.6 Å². The Hall–Kier alpha value is -1.32. The maximum absolute atomic E-state index is 11.7. The second-order valence-electron chi connectivity index (χ2n) is 6.23. The van der Waals surface area contributed by atoms with Gasteiger partial charge in [0.2, 0.25) is 0 Å². The Labute approximate surface area is 148 Å². The quantitative estimate of drug-likeness (QED) is 0.229. The predicted molar refractivity (Wildman–Crippen MR) is 97.8 cm³/mol. The molecule has 1 atom stereocenters. The van der Waals surface area contributed by atoms with Crippen LogP contribution < -0.4 is 0 Å². The summed E-state index contributed by atoms with van der Waals surface area (Å²) >= 11 is 0. The van der Waals surface area contributed by atoms with E-state index in [0.717, 1.165) is 44.6 Å². The first-order valence-electron chi connectivity index (χ1n) is 9.69. The van der Waals surface area contributed by atoms with Crippen molar-refractivity contribution in [3.05, 3.63) is 12.2 Å². The zero-order valence-corrected chi connectivity index (χ0v) is 15.9. The fourth-order valence-electron chi connectivity index (χ4n) is 2.40. The third-order valence-corrected chi connectivity index (χ3v) is 3.97. The molecular formula is C20H36O4. The van der Waals surface area contributed by atoms with E-state index in [-0.39, 0.29) is 6.10 Å². The molecule has 0 heterocycles. The molecular weight excluding hydrogens is 304 g/mol. The summed E-state index contributed by atoms with van der Waals surface area (Å²) in [6.07, 6.45) is 14.3. The molecule has 1 unspecified atom stereocenters. The lowest BCUT2D eigenvalue weighted by molar-refractivity contribution is -0.144. The molecule has 0 bridgehead atoms. The van der Waals surface area contributed by atoms with Crippen LogP contribution in [0.15, 0.2) is 12.2 Å². The molecule has 0 aromatic carbocycles. The molecule has 0 radical (unpaired) electrons. The molecule has 0 saturated heterocycles. The highest BCUT2D eigenvalue weighted by atomic mass is 16.5. The number of carbonyl (C=O) groups excluding carboxylic acids is 2. The van der Waals surface area contributed by atoms with Gasteiger partial charge in [0.05, 0.1) is 6.61 Å². The maximum atomic E-state index is 11.7. The molecule has 0 spiro atoms. The molecule has 0 aromatic heterocycles. The van der Waals surface area contributed by atoms with Crippen molar-refractivity contribution >= 4 is 11.9 Å². The highest BCUT2D eigenvalue weighted by molar-refractivity contribution is 5.91. The molecule has 0 amide bonds. The van der Waals surface area contributed by atoms with Gasteiger partial charge in [0, 0.05) is 12.2 Å². The van der Waals surface area contributed by atoms with Crippen molar-refractivity contribution in [1.82, 2.24) is 0 Å². The van der Waals surface area contributed by atoms with Gasteiger partial charge in [-0.3, -0.25) is 0 Å². The molecule has 4 heteroatoms. The van der Waals surface area contributed by atoms with Crippen molar-refractivity contribution in [2.75, 3.05) is 6.61 Å². The van der Waals surface area contributed by atoms with E-state index < -0.39 is 11.9 Å². The Morgan fingerprint density at radius 2 is 1.38 bits per heavy atom. The van der Waals surface area contributed by atoms with Gasteiger partial charge >= 0.3 is 11.9 Å². The summed E-state index contributed by atoms with van der Waals surface area (Å²) in [5, 5.41) is 0. The molecule has 0 N–H and O–H groups in total. The van der Waals surface area contributed by atoms with Crippen LogP contribution in [0.2, 0.25) is 0 Å². The summed E-state index contributed by atoms with van der Waals surface area (Å²) in [5.74, 6) is -0.939. The van der Waals surface area contributed by atoms with Crippen molar-refractivity contribution < 1.29 is 19.1 Å². The number of ether oxygens (including phenoxy) is 2. The molecule has 4 nitrogen and oxygen atoms in total. The van der Waals surface area contributed by atoms with E-state index in [1.165, 1.54) is 38.2 Å². The van der Waals surface area contributed by atoms with Crippen LogP contribution in [0, 0.1) is 0 Å². The molecule has 0 fully saturated rings. The van der Waals surface area contributed by atoms with Crippen molar-refractivity contribution in [2.24, 2.45) is 0 Å². The van der Waals surface area contributed by atoms with Gasteiger partial charge in [0.15, 0.2) is 0 Å². The summed E-state index contributed by atoms with van der Waals surface area (Å²) in [4.78, 5) is 23.2. The third-order valence-electron chi connectivity index (χ3n) is 3.97. The lowest BCUT2D eigenvalue weighted by atomic mass is 10.1. The number of hydrogen-bond donors (Lipinski definition) is 0. The number of esters is 2. The minimum absolute atomic E-state index is 0.0640. The van der Waals surface area contributed by atoms with Crippen molar-refractivity contribution in [3.63, 3.8) is 0 Å². The Balaban J connectivity index is 3.73. The van der Waals surface area contributed by atoms with Gasteiger partial charge in [0.25, 0.3) is 0 Å². The monoisotopic (exact) mass is 340 g/mol. The predicted octanol–water partition coefficient (Wildman–Crippen LogP) is 5.35. The fourth-order valence-corrected chi connectivity index (χ4v) is 2.40. The van der Waals surface area contributed by atoms with Crippen LogP contribution >= 0.6 is 0 Å². The van der Waals surface area contributed by atoms with Gasteiger partial charge in [-0.2, -0.15) is 0 Å². The molecule has 0 aliphatic rings. The Morgan fingerprint density at radius 1 is 0.792 bits per heavy atom. The van der Waals surface area contributed by atoms with Gasteiger partial charge in [-0.1, -0.05) is 72.1 Å². The molecule has 0 rings (SSSR count). The van der Waals surface area contributed by atoms with E-state index in [0.29, 0.717) is 6.61 Å². The zero-order chi connectivity index (χ0) is 18.0. The average Bonchev–Trinajstić information content (AvgIpc) is 2.59. The van der Waals surface area contributed by atoms with E-state index in [1.54, 1.807) is 0 Å². The highest BCUT2D eigenvalue weighted by Gasteiger charge is 2.10. The minimum Gasteiger partial charge on any atom is -0.463 e. The Bertz CT molecular complexity index is 350. The standard InChI is InChI=1S/C20H36O4/c1-4-7-9-10-11-12-13-17-23-19(21)15-16-20(22)24-18(6-3)14-8-5-2/h15-16,18H,4-14,17H2,1-3H3/b16-15+. The fraction of sp³-hybridized carbons (Fsp3) is 0.800. The number of hydrogen-bond acceptors (Lipinski definition) is 4. The first kappa shape index (κ1) is 22.7. The largest absolute Gasteiger partial charge is 0.463 e. The lowest BCUT2D eigenvalue weighted by Crippen LogP contribution is -2.16. The van der Waals surface area contributed by atoms with Crippen LogP contribution in [-0.2, 0) is 19.1 Å². The van der Waals surface area contributed by atoms with Gasteiger partial charge < -0.3 is 9.47 Å². The molecule has 0 saturated carbocycles. The summed E-state index contributed by atoms with van der Waals surface area (Å²) in [7, 11) is 0. The van der Waals surface area contributed by atoms with E-state index in [2.05, 4.69) is 13.8 Å².